The third-order valence-electron chi connectivity index (χ3n) is 5.11. The van der Waals surface area contributed by atoms with E-state index in [4.69, 9.17) is 9.47 Å². The molecule has 1 heterocycles. The summed E-state index contributed by atoms with van der Waals surface area (Å²) in [6.45, 7) is 6.50. The van der Waals surface area contributed by atoms with Gasteiger partial charge in [0.1, 0.15) is 12.3 Å². The number of hydrogen-bond acceptors (Lipinski definition) is 4. The van der Waals surface area contributed by atoms with Crippen molar-refractivity contribution in [3.63, 3.8) is 0 Å². The number of amides is 3. The fourth-order valence-corrected chi connectivity index (χ4v) is 4.37. The van der Waals surface area contributed by atoms with Crippen LogP contribution in [-0.2, 0) is 11.4 Å². The monoisotopic (exact) mass is 554 g/mol. The van der Waals surface area contributed by atoms with Crippen molar-refractivity contribution in [1.82, 2.24) is 10.2 Å². The zero-order valence-corrected chi connectivity index (χ0v) is 20.3. The molecule has 0 aromatic heterocycles. The summed E-state index contributed by atoms with van der Waals surface area (Å²) in [5, 5.41) is 4.95. The van der Waals surface area contributed by atoms with Gasteiger partial charge in [-0.15, -0.1) is 6.58 Å². The summed E-state index contributed by atoms with van der Waals surface area (Å²) in [6.07, 6.45) is 3.15. The molecule has 1 N–H and O–H groups in total. The second-order valence-electron chi connectivity index (χ2n) is 7.43. The van der Waals surface area contributed by atoms with Crippen LogP contribution in [0.2, 0.25) is 0 Å². The minimum atomic E-state index is -0.457. The quantitative estimate of drug-likeness (QED) is 0.173. The summed E-state index contributed by atoms with van der Waals surface area (Å²) >= 11 is 2.19. The predicted molar refractivity (Wildman–Crippen MR) is 137 cm³/mol. The van der Waals surface area contributed by atoms with E-state index in [0.29, 0.717) is 24.7 Å². The van der Waals surface area contributed by atoms with Gasteiger partial charge in [-0.25, -0.2) is 4.79 Å². The summed E-state index contributed by atoms with van der Waals surface area (Å²) < 4.78 is 12.8. The lowest BCUT2D eigenvalue weighted by molar-refractivity contribution is -0.122. The molecule has 0 unspecified atom stereocenters. The molecular formula is C26H23IN2O4. The van der Waals surface area contributed by atoms with Gasteiger partial charge >= 0.3 is 6.03 Å². The van der Waals surface area contributed by atoms with Crippen molar-refractivity contribution in [2.24, 2.45) is 0 Å². The number of urea groups is 1. The second-order valence-corrected chi connectivity index (χ2v) is 8.59. The van der Waals surface area contributed by atoms with Crippen molar-refractivity contribution in [3.05, 3.63) is 87.6 Å². The molecule has 0 saturated carbocycles. The molecule has 0 radical (unpaired) electrons. The van der Waals surface area contributed by atoms with Crippen molar-refractivity contribution in [1.29, 1.82) is 0 Å². The minimum absolute atomic E-state index is 0.158. The maximum absolute atomic E-state index is 12.5. The first-order valence-electron chi connectivity index (χ1n) is 10.5. The Morgan fingerprint density at radius 3 is 2.61 bits per heavy atom. The maximum atomic E-state index is 12.5. The number of carbonyl (C=O) groups excluding carboxylic acids is 2. The summed E-state index contributed by atoms with van der Waals surface area (Å²) in [5.74, 6) is 0.837. The van der Waals surface area contributed by atoms with Gasteiger partial charge in [-0.1, -0.05) is 42.5 Å². The van der Waals surface area contributed by atoms with Crippen LogP contribution in [0.15, 0.2) is 72.9 Å². The molecule has 3 aromatic carbocycles. The Labute approximate surface area is 206 Å². The fourth-order valence-electron chi connectivity index (χ4n) is 3.59. The molecule has 3 amide bonds. The van der Waals surface area contributed by atoms with Crippen molar-refractivity contribution in [2.75, 3.05) is 13.2 Å². The zero-order chi connectivity index (χ0) is 23.4. The van der Waals surface area contributed by atoms with Crippen LogP contribution in [0.3, 0.4) is 0 Å². The van der Waals surface area contributed by atoms with E-state index in [1.165, 1.54) is 11.5 Å². The van der Waals surface area contributed by atoms with Gasteiger partial charge in [-0.3, -0.25) is 9.69 Å². The lowest BCUT2D eigenvalue weighted by atomic mass is 10.1. The molecule has 33 heavy (non-hydrogen) atoms. The molecule has 0 atom stereocenters. The summed E-state index contributed by atoms with van der Waals surface area (Å²) in [5.41, 5.74) is 2.00. The van der Waals surface area contributed by atoms with Crippen LogP contribution >= 0.6 is 22.6 Å². The largest absolute Gasteiger partial charge is 0.490 e. The molecule has 1 aliphatic heterocycles. The highest BCUT2D eigenvalue weighted by molar-refractivity contribution is 14.1. The number of halogens is 1. The minimum Gasteiger partial charge on any atom is -0.490 e. The number of nitrogens with one attached hydrogen (secondary N) is 1. The highest BCUT2D eigenvalue weighted by atomic mass is 127. The number of hydrogen-bond donors (Lipinski definition) is 1. The average molecular weight is 554 g/mol. The van der Waals surface area contributed by atoms with E-state index >= 15 is 0 Å². The molecule has 6 nitrogen and oxygen atoms in total. The first-order chi connectivity index (χ1) is 16.0. The topological polar surface area (TPSA) is 67.9 Å². The van der Waals surface area contributed by atoms with Crippen LogP contribution in [0.1, 0.15) is 18.1 Å². The Balaban J connectivity index is 1.58. The van der Waals surface area contributed by atoms with Crippen molar-refractivity contribution in [3.8, 4) is 11.5 Å². The normalized spacial score (nSPS) is 14.6. The maximum Gasteiger partial charge on any atom is 0.329 e. The Kier molecular flexibility index (Phi) is 6.98. The van der Waals surface area contributed by atoms with Gasteiger partial charge in [0.2, 0.25) is 0 Å². The van der Waals surface area contributed by atoms with Gasteiger partial charge in [-0.05, 0) is 75.7 Å². The first kappa shape index (κ1) is 22.8. The van der Waals surface area contributed by atoms with E-state index in [2.05, 4.69) is 64.8 Å². The molecule has 1 aliphatic rings. The Morgan fingerprint density at radius 2 is 1.85 bits per heavy atom. The van der Waals surface area contributed by atoms with Crippen molar-refractivity contribution >= 4 is 51.4 Å². The molecule has 0 spiro atoms. The van der Waals surface area contributed by atoms with Crippen LogP contribution in [0.4, 0.5) is 4.79 Å². The van der Waals surface area contributed by atoms with Crippen LogP contribution in [0, 0.1) is 3.57 Å². The molecular weight excluding hydrogens is 531 g/mol. The molecule has 0 bridgehead atoms. The van der Waals surface area contributed by atoms with Gasteiger partial charge < -0.3 is 14.8 Å². The number of carbonyl (C=O) groups is 2. The lowest BCUT2D eigenvalue weighted by Gasteiger charge is -2.15. The third kappa shape index (κ3) is 5.03. The van der Waals surface area contributed by atoms with Crippen LogP contribution < -0.4 is 14.8 Å². The van der Waals surface area contributed by atoms with Crippen molar-refractivity contribution in [2.45, 2.75) is 13.5 Å². The SMILES string of the molecule is C=CCN1C(=O)N/C(=C/c2cc(I)c(OCc3ccc4ccccc4c3)c(OCC)c2)C1=O. The molecule has 0 aliphatic carbocycles. The number of rotatable bonds is 8. The average Bonchev–Trinajstić information content (AvgIpc) is 3.06. The molecule has 4 rings (SSSR count). The standard InChI is InChI=1S/C26H23IN2O4/c1-3-11-29-25(30)22(28-26(29)31)14-18-13-21(27)24(23(15-18)32-4-2)33-16-17-9-10-19-7-5-6-8-20(19)12-17/h3,5-10,12-15H,1,4,11,16H2,2H3,(H,28,31)/b22-14+. The first-order valence-corrected chi connectivity index (χ1v) is 11.6. The smallest absolute Gasteiger partial charge is 0.329 e. The van der Waals surface area contributed by atoms with E-state index < -0.39 is 6.03 Å². The number of fused-ring (bicyclic) bond motifs is 1. The summed E-state index contributed by atoms with van der Waals surface area (Å²) in [4.78, 5) is 25.6. The van der Waals surface area contributed by atoms with Gasteiger partial charge in [0, 0.05) is 6.54 Å². The van der Waals surface area contributed by atoms with Gasteiger partial charge in [0.15, 0.2) is 11.5 Å². The van der Waals surface area contributed by atoms with Gasteiger partial charge in [0.25, 0.3) is 5.91 Å². The van der Waals surface area contributed by atoms with E-state index in [9.17, 15) is 9.59 Å². The number of ether oxygens (including phenoxy) is 2. The van der Waals surface area contributed by atoms with Crippen LogP contribution in [0.5, 0.6) is 11.5 Å². The van der Waals surface area contributed by atoms with Crippen LogP contribution in [-0.4, -0.2) is 30.0 Å². The molecule has 1 saturated heterocycles. The zero-order valence-electron chi connectivity index (χ0n) is 18.1. The lowest BCUT2D eigenvalue weighted by Crippen LogP contribution is -2.30. The van der Waals surface area contributed by atoms with Crippen LogP contribution in [0.25, 0.3) is 16.8 Å². The van der Waals surface area contributed by atoms with Gasteiger partial charge in [-0.2, -0.15) is 0 Å². The predicted octanol–water partition coefficient (Wildman–Crippen LogP) is 5.50. The fraction of sp³-hybridized carbons (Fsp3) is 0.154. The molecule has 1 fully saturated rings. The Hall–Kier alpha value is -3.33. The highest BCUT2D eigenvalue weighted by Gasteiger charge is 2.32. The Bertz CT molecular complexity index is 1270. The van der Waals surface area contributed by atoms with E-state index in [1.54, 1.807) is 6.08 Å². The van der Waals surface area contributed by atoms with E-state index in [-0.39, 0.29) is 18.1 Å². The molecule has 3 aromatic rings. The second kappa shape index (κ2) is 10.1. The number of benzene rings is 3. The van der Waals surface area contributed by atoms with E-state index in [0.717, 1.165) is 25.0 Å². The van der Waals surface area contributed by atoms with Gasteiger partial charge in [0.05, 0.1) is 10.2 Å². The Morgan fingerprint density at radius 1 is 1.06 bits per heavy atom. The summed E-state index contributed by atoms with van der Waals surface area (Å²) in [6, 6.07) is 17.7. The summed E-state index contributed by atoms with van der Waals surface area (Å²) in [7, 11) is 0. The third-order valence-corrected chi connectivity index (χ3v) is 5.92. The molecule has 7 heteroatoms. The van der Waals surface area contributed by atoms with Crippen molar-refractivity contribution < 1.29 is 19.1 Å². The number of nitrogens with zero attached hydrogens (tertiary/aromatic N) is 1. The highest BCUT2D eigenvalue weighted by Crippen LogP contribution is 2.36. The van der Waals surface area contributed by atoms with E-state index in [1.807, 2.05) is 31.2 Å². The molecule has 168 valence electrons. The number of imide groups is 1.